The number of hydrogen-bond acceptors (Lipinski definition) is 6. The minimum Gasteiger partial charge on any atom is -0.495 e. The number of halogens is 1. The Hall–Kier alpha value is -2.78. The predicted molar refractivity (Wildman–Crippen MR) is 105 cm³/mol. The SMILES string of the molecule is COc1cc(NC(=O)c2cccc(N3C(=O)CCS3(=O)=O)c2)c(OC)cc1Cl. The van der Waals surface area contributed by atoms with Crippen molar-refractivity contribution < 1.29 is 27.5 Å². The van der Waals surface area contributed by atoms with Gasteiger partial charge in [0.2, 0.25) is 15.9 Å². The fourth-order valence-electron chi connectivity index (χ4n) is 2.79. The average molecular weight is 425 g/mol. The number of hydrogen-bond donors (Lipinski definition) is 1. The summed E-state index contributed by atoms with van der Waals surface area (Å²) in [7, 11) is -0.845. The highest BCUT2D eigenvalue weighted by Crippen LogP contribution is 2.36. The van der Waals surface area contributed by atoms with Crippen molar-refractivity contribution >= 4 is 44.8 Å². The van der Waals surface area contributed by atoms with Gasteiger partial charge in [-0.25, -0.2) is 12.7 Å². The zero-order valence-electron chi connectivity index (χ0n) is 15.1. The first kappa shape index (κ1) is 20.0. The van der Waals surface area contributed by atoms with Gasteiger partial charge in [-0.3, -0.25) is 9.59 Å². The number of anilines is 2. The lowest BCUT2D eigenvalue weighted by molar-refractivity contribution is -0.116. The van der Waals surface area contributed by atoms with Crippen molar-refractivity contribution in [2.75, 3.05) is 29.6 Å². The summed E-state index contributed by atoms with van der Waals surface area (Å²) in [5.41, 5.74) is 0.614. The number of benzene rings is 2. The largest absolute Gasteiger partial charge is 0.495 e. The molecule has 0 aromatic heterocycles. The Balaban J connectivity index is 1.92. The van der Waals surface area contributed by atoms with E-state index in [1.165, 1.54) is 50.6 Å². The average Bonchev–Trinajstić information content (AvgIpc) is 2.95. The van der Waals surface area contributed by atoms with Crippen molar-refractivity contribution in [1.29, 1.82) is 0 Å². The molecule has 1 heterocycles. The molecule has 0 radical (unpaired) electrons. The van der Waals surface area contributed by atoms with Gasteiger partial charge in [0.1, 0.15) is 11.5 Å². The van der Waals surface area contributed by atoms with E-state index in [0.717, 1.165) is 4.31 Å². The van der Waals surface area contributed by atoms with Crippen LogP contribution in [0.3, 0.4) is 0 Å². The van der Waals surface area contributed by atoms with E-state index < -0.39 is 21.8 Å². The van der Waals surface area contributed by atoms with Crippen LogP contribution < -0.4 is 19.1 Å². The first-order chi connectivity index (χ1) is 13.3. The fraction of sp³-hybridized carbons (Fsp3) is 0.222. The van der Waals surface area contributed by atoms with Gasteiger partial charge in [-0.15, -0.1) is 0 Å². The van der Waals surface area contributed by atoms with Gasteiger partial charge >= 0.3 is 0 Å². The topological polar surface area (TPSA) is 102 Å². The van der Waals surface area contributed by atoms with Crippen molar-refractivity contribution in [3.8, 4) is 11.5 Å². The highest BCUT2D eigenvalue weighted by molar-refractivity contribution is 7.94. The summed E-state index contributed by atoms with van der Waals surface area (Å²) >= 11 is 6.06. The van der Waals surface area contributed by atoms with Crippen LogP contribution >= 0.6 is 11.6 Å². The summed E-state index contributed by atoms with van der Waals surface area (Å²) in [6.45, 7) is 0. The second-order valence-electron chi connectivity index (χ2n) is 5.92. The molecule has 0 aliphatic carbocycles. The molecule has 0 atom stereocenters. The molecule has 0 saturated carbocycles. The molecule has 1 fully saturated rings. The lowest BCUT2D eigenvalue weighted by Gasteiger charge is -2.16. The summed E-state index contributed by atoms with van der Waals surface area (Å²) in [5, 5.41) is 2.99. The Morgan fingerprint density at radius 1 is 1.14 bits per heavy atom. The van der Waals surface area contributed by atoms with E-state index in [2.05, 4.69) is 5.32 Å². The van der Waals surface area contributed by atoms with Gasteiger partial charge in [-0.05, 0) is 18.2 Å². The molecular weight excluding hydrogens is 408 g/mol. The smallest absolute Gasteiger partial charge is 0.255 e. The Labute approximate surface area is 167 Å². The van der Waals surface area contributed by atoms with Crippen LogP contribution in [-0.2, 0) is 14.8 Å². The molecule has 2 amide bonds. The van der Waals surface area contributed by atoms with Gasteiger partial charge in [0.25, 0.3) is 5.91 Å². The number of sulfonamides is 1. The first-order valence-corrected chi connectivity index (χ1v) is 10.1. The quantitative estimate of drug-likeness (QED) is 0.791. The Kier molecular flexibility index (Phi) is 5.48. The Bertz CT molecular complexity index is 1050. The van der Waals surface area contributed by atoms with E-state index >= 15 is 0 Å². The fourth-order valence-corrected chi connectivity index (χ4v) is 4.48. The number of nitrogens with zero attached hydrogens (tertiary/aromatic N) is 1. The van der Waals surface area contributed by atoms with Crippen LogP contribution in [0.4, 0.5) is 11.4 Å². The standard InChI is InChI=1S/C18H17ClN2O6S/c1-26-15-10-14(16(27-2)9-13(15)19)20-18(23)11-4-3-5-12(8-11)21-17(22)6-7-28(21,24)25/h3-5,8-10H,6-7H2,1-2H3,(H,20,23). The van der Waals surface area contributed by atoms with E-state index in [0.29, 0.717) is 22.2 Å². The molecule has 0 unspecified atom stereocenters. The zero-order chi connectivity index (χ0) is 20.5. The Morgan fingerprint density at radius 3 is 2.46 bits per heavy atom. The number of rotatable bonds is 5. The maximum Gasteiger partial charge on any atom is 0.255 e. The van der Waals surface area contributed by atoms with Crippen LogP contribution in [0.5, 0.6) is 11.5 Å². The van der Waals surface area contributed by atoms with E-state index in [-0.39, 0.29) is 23.4 Å². The van der Waals surface area contributed by atoms with Crippen LogP contribution in [0.15, 0.2) is 36.4 Å². The molecule has 10 heteroatoms. The molecule has 1 aliphatic rings. The van der Waals surface area contributed by atoms with Gasteiger partial charge in [0, 0.05) is 24.1 Å². The number of carbonyl (C=O) groups is 2. The number of carbonyl (C=O) groups excluding carboxylic acids is 2. The molecule has 2 aromatic rings. The molecule has 8 nitrogen and oxygen atoms in total. The highest BCUT2D eigenvalue weighted by atomic mass is 35.5. The molecule has 1 N–H and O–H groups in total. The van der Waals surface area contributed by atoms with Gasteiger partial charge in [0.15, 0.2) is 0 Å². The third kappa shape index (κ3) is 3.76. The highest BCUT2D eigenvalue weighted by Gasteiger charge is 2.36. The van der Waals surface area contributed by atoms with Crippen molar-refractivity contribution in [2.45, 2.75) is 6.42 Å². The predicted octanol–water partition coefficient (Wildman–Crippen LogP) is 2.68. The third-order valence-corrected chi connectivity index (χ3v) is 6.13. The number of nitrogens with one attached hydrogen (secondary N) is 1. The van der Waals surface area contributed by atoms with Crippen LogP contribution in [0.1, 0.15) is 16.8 Å². The summed E-state index contributed by atoms with van der Waals surface area (Å²) in [6.07, 6.45) is -0.0828. The lowest BCUT2D eigenvalue weighted by Crippen LogP contribution is -2.29. The monoisotopic (exact) mass is 424 g/mol. The second kappa shape index (κ2) is 7.69. The van der Waals surface area contributed by atoms with Gasteiger partial charge in [-0.1, -0.05) is 17.7 Å². The molecule has 28 heavy (non-hydrogen) atoms. The summed E-state index contributed by atoms with van der Waals surface area (Å²) in [5.74, 6) is -0.618. The molecule has 1 saturated heterocycles. The Morgan fingerprint density at radius 2 is 1.86 bits per heavy atom. The van der Waals surface area contributed by atoms with Gasteiger partial charge in [-0.2, -0.15) is 0 Å². The zero-order valence-corrected chi connectivity index (χ0v) is 16.6. The van der Waals surface area contributed by atoms with Crippen LogP contribution in [-0.4, -0.2) is 40.2 Å². The number of amides is 2. The van der Waals surface area contributed by atoms with Crippen molar-refractivity contribution in [3.05, 3.63) is 47.0 Å². The van der Waals surface area contributed by atoms with Crippen LogP contribution in [0, 0.1) is 0 Å². The van der Waals surface area contributed by atoms with Crippen molar-refractivity contribution in [1.82, 2.24) is 0 Å². The van der Waals surface area contributed by atoms with E-state index in [1.54, 1.807) is 0 Å². The van der Waals surface area contributed by atoms with E-state index in [1.807, 2.05) is 0 Å². The molecule has 3 rings (SSSR count). The van der Waals surface area contributed by atoms with Crippen molar-refractivity contribution in [3.63, 3.8) is 0 Å². The molecule has 0 spiro atoms. The van der Waals surface area contributed by atoms with Gasteiger partial charge in [0.05, 0.1) is 36.4 Å². The normalized spacial score (nSPS) is 15.4. The summed E-state index contributed by atoms with van der Waals surface area (Å²) in [6, 6.07) is 8.83. The van der Waals surface area contributed by atoms with Crippen LogP contribution in [0.25, 0.3) is 0 Å². The molecule has 148 valence electrons. The number of methoxy groups -OCH3 is 2. The molecule has 2 aromatic carbocycles. The molecule has 1 aliphatic heterocycles. The minimum atomic E-state index is -3.71. The number of ether oxygens (including phenoxy) is 2. The van der Waals surface area contributed by atoms with E-state index in [9.17, 15) is 18.0 Å². The second-order valence-corrected chi connectivity index (χ2v) is 8.26. The maximum atomic E-state index is 12.7. The first-order valence-electron chi connectivity index (χ1n) is 8.15. The van der Waals surface area contributed by atoms with Crippen LogP contribution in [0.2, 0.25) is 5.02 Å². The molecular formula is C18H17ClN2O6S. The van der Waals surface area contributed by atoms with E-state index in [4.69, 9.17) is 21.1 Å². The molecule has 0 bridgehead atoms. The lowest BCUT2D eigenvalue weighted by atomic mass is 10.1. The minimum absolute atomic E-state index is 0.0828. The maximum absolute atomic E-state index is 12.7. The van der Waals surface area contributed by atoms with Crippen molar-refractivity contribution in [2.24, 2.45) is 0 Å². The third-order valence-electron chi connectivity index (χ3n) is 4.14. The summed E-state index contributed by atoms with van der Waals surface area (Å²) in [4.78, 5) is 24.6. The van der Waals surface area contributed by atoms with Gasteiger partial charge < -0.3 is 14.8 Å². The summed E-state index contributed by atoms with van der Waals surface area (Å²) < 4.78 is 35.3.